The molecule has 7 heavy (non-hydrogen) atoms. The van der Waals surface area contributed by atoms with E-state index in [4.69, 9.17) is 0 Å². The molecule has 0 saturated carbocycles. The second-order valence-electron chi connectivity index (χ2n) is 1.75. The molecule has 0 aromatic carbocycles. The zero-order chi connectivity index (χ0) is 5.54. The molecule has 44 valence electrons. The fourth-order valence-corrected chi connectivity index (χ4v) is 21.5. The summed E-state index contributed by atoms with van der Waals surface area (Å²) in [6.07, 6.45) is 0. The van der Waals surface area contributed by atoms with Gasteiger partial charge in [0.15, 0.2) is 0 Å². The third-order valence-electron chi connectivity index (χ3n) is 0.854. The van der Waals surface area contributed by atoms with E-state index < -0.39 is 0 Å². The summed E-state index contributed by atoms with van der Waals surface area (Å²) in [6, 6.07) is 0. The van der Waals surface area contributed by atoms with Gasteiger partial charge in [0.1, 0.15) is 0 Å². The van der Waals surface area contributed by atoms with Crippen LogP contribution in [0.15, 0.2) is 0 Å². The molecular formula is C4H15NSn2. The van der Waals surface area contributed by atoms with E-state index in [1.54, 1.807) is 0 Å². The van der Waals surface area contributed by atoms with E-state index in [0.29, 0.717) is 0 Å². The maximum absolute atomic E-state index is 3.70. The Morgan fingerprint density at radius 1 is 1.14 bits per heavy atom. The van der Waals surface area contributed by atoms with Crippen LogP contribution in [-0.2, 0) is 0 Å². The molecule has 0 aromatic rings. The molecule has 0 unspecified atom stereocenters. The first kappa shape index (κ1) is 8.56. The molecule has 0 aromatic heterocycles. The van der Waals surface area contributed by atoms with E-state index >= 15 is 0 Å². The zero-order valence-corrected chi connectivity index (χ0v) is 13.4. The van der Waals surface area contributed by atoms with Gasteiger partial charge in [-0.05, 0) is 0 Å². The summed E-state index contributed by atoms with van der Waals surface area (Å²) in [5.41, 5.74) is 0. The van der Waals surface area contributed by atoms with Crippen molar-refractivity contribution < 1.29 is 0 Å². The molecule has 0 amide bonds. The second-order valence-corrected chi connectivity index (χ2v) is 21.3. The molecule has 1 N–H and O–H groups in total. The van der Waals surface area contributed by atoms with Crippen molar-refractivity contribution in [2.75, 3.05) is 0 Å². The van der Waals surface area contributed by atoms with Gasteiger partial charge in [-0.2, -0.15) is 0 Å². The van der Waals surface area contributed by atoms with Gasteiger partial charge in [-0.25, -0.2) is 0 Å². The van der Waals surface area contributed by atoms with Crippen LogP contribution in [0.4, 0.5) is 0 Å². The van der Waals surface area contributed by atoms with Gasteiger partial charge in [-0.3, -0.25) is 0 Å². The third kappa shape index (κ3) is 7.56. The van der Waals surface area contributed by atoms with E-state index in [0.717, 1.165) is 0 Å². The fraction of sp³-hybridized carbons (Fsp3) is 1.00. The zero-order valence-electron chi connectivity index (χ0n) is 5.33. The average molecular weight is 315 g/mol. The predicted molar refractivity (Wildman–Crippen MR) is 41.2 cm³/mol. The molecule has 0 bridgehead atoms. The molecule has 0 radical (unpaired) electrons. The van der Waals surface area contributed by atoms with E-state index in [-0.39, 0.29) is 42.8 Å². The molecule has 1 nitrogen and oxygen atoms in total. The summed E-state index contributed by atoms with van der Waals surface area (Å²) in [7, 11) is 0. The van der Waals surface area contributed by atoms with Crippen LogP contribution in [-0.4, -0.2) is 42.8 Å². The van der Waals surface area contributed by atoms with Crippen LogP contribution in [0, 0.1) is 0 Å². The number of hydrogen-bond donors (Lipinski definition) is 1. The van der Waals surface area contributed by atoms with Crippen molar-refractivity contribution in [3.8, 4) is 0 Å². The quantitative estimate of drug-likeness (QED) is 0.551. The number of nitrogens with one attached hydrogen (secondary N) is 1. The van der Waals surface area contributed by atoms with E-state index in [2.05, 4.69) is 15.6 Å². The van der Waals surface area contributed by atoms with Crippen molar-refractivity contribution >= 4 is 42.8 Å². The summed E-state index contributed by atoms with van der Waals surface area (Å²) in [6.45, 7) is 4.62. The van der Waals surface area contributed by atoms with Crippen LogP contribution in [0.3, 0.4) is 0 Å². The predicted octanol–water partition coefficient (Wildman–Crippen LogP) is -0.380. The molecule has 0 aliphatic carbocycles. The van der Waals surface area contributed by atoms with Gasteiger partial charge in [0.25, 0.3) is 0 Å². The Kier molecular flexibility index (Phi) is 9.24. The minimum absolute atomic E-state index is 0.265. The van der Waals surface area contributed by atoms with Crippen LogP contribution >= 0.6 is 0 Å². The van der Waals surface area contributed by atoms with Crippen molar-refractivity contribution in [3.63, 3.8) is 0 Å². The van der Waals surface area contributed by atoms with E-state index in [1.807, 2.05) is 0 Å². The molecule has 0 atom stereocenters. The Morgan fingerprint density at radius 3 is 1.86 bits per heavy atom. The summed E-state index contributed by atoms with van der Waals surface area (Å²) < 4.78 is 6.73. The van der Waals surface area contributed by atoms with Gasteiger partial charge in [0, 0.05) is 0 Å². The molecule has 3 heteroatoms. The van der Waals surface area contributed by atoms with Gasteiger partial charge in [-0.1, -0.05) is 0 Å². The standard InChI is InChI=1S/2C2H5.HN.2Sn.4H/c2*1-2;;;;;;;/h2*1H2,2H3;1H;;;;;;. The number of rotatable bonds is 4. The van der Waals surface area contributed by atoms with Crippen molar-refractivity contribution in [1.82, 2.24) is 1.76 Å². The Bertz CT molecular complexity index is 28.9. The van der Waals surface area contributed by atoms with Crippen LogP contribution in [0.25, 0.3) is 0 Å². The molecule has 0 heterocycles. The number of hydrogen-bond acceptors (Lipinski definition) is 1. The second kappa shape index (κ2) is 7.56. The molecule has 0 aliphatic heterocycles. The van der Waals surface area contributed by atoms with Crippen molar-refractivity contribution in [3.05, 3.63) is 0 Å². The molecular weight excluding hydrogens is 299 g/mol. The third-order valence-corrected chi connectivity index (χ3v) is 19.3. The van der Waals surface area contributed by atoms with E-state index in [1.165, 1.54) is 8.87 Å². The summed E-state index contributed by atoms with van der Waals surface area (Å²) in [4.78, 5) is 0. The molecule has 0 rings (SSSR count). The van der Waals surface area contributed by atoms with Gasteiger partial charge in [0.2, 0.25) is 0 Å². The first-order valence-electron chi connectivity index (χ1n) is 3.12. The molecule has 0 fully saturated rings. The van der Waals surface area contributed by atoms with Crippen molar-refractivity contribution in [2.24, 2.45) is 0 Å². The van der Waals surface area contributed by atoms with Crippen molar-refractivity contribution in [2.45, 2.75) is 22.7 Å². The van der Waals surface area contributed by atoms with Crippen molar-refractivity contribution in [1.29, 1.82) is 0 Å². The van der Waals surface area contributed by atoms with Gasteiger partial charge in [-0.15, -0.1) is 0 Å². The van der Waals surface area contributed by atoms with Crippen LogP contribution in [0.5, 0.6) is 0 Å². The Labute approximate surface area is 66.8 Å². The normalized spacial score (nSPS) is 12.9. The summed E-state index contributed by atoms with van der Waals surface area (Å²) in [5.74, 6) is 0. The average Bonchev–Trinajstić information content (AvgIpc) is 1.69. The van der Waals surface area contributed by atoms with E-state index in [9.17, 15) is 0 Å². The minimum atomic E-state index is -0.265. The Hall–Kier alpha value is 1.56. The van der Waals surface area contributed by atoms with Crippen LogP contribution in [0.2, 0.25) is 8.87 Å². The topological polar surface area (TPSA) is 12.0 Å². The summed E-state index contributed by atoms with van der Waals surface area (Å²) in [5, 5.41) is 0. The summed E-state index contributed by atoms with van der Waals surface area (Å²) >= 11 is -0.530. The first-order valence-corrected chi connectivity index (χ1v) is 12.9. The molecule has 0 saturated heterocycles. The van der Waals surface area contributed by atoms with Gasteiger partial charge in [0.05, 0.1) is 0 Å². The van der Waals surface area contributed by atoms with Crippen LogP contribution < -0.4 is 1.76 Å². The fourth-order valence-electron chi connectivity index (χ4n) is 0.479. The SMILES string of the molecule is C[CH2][SnH2][NH][SnH2][CH2]C. The van der Waals surface area contributed by atoms with Gasteiger partial charge >= 0.3 is 67.3 Å². The maximum atomic E-state index is 3.70. The van der Waals surface area contributed by atoms with Crippen LogP contribution in [0.1, 0.15) is 13.8 Å². The first-order chi connectivity index (χ1) is 3.41. The Balaban J connectivity index is 2.45. The monoisotopic (exact) mass is 317 g/mol. The Morgan fingerprint density at radius 2 is 1.57 bits per heavy atom. The van der Waals surface area contributed by atoms with Gasteiger partial charge < -0.3 is 0 Å². The molecule has 0 aliphatic rings. The molecule has 0 spiro atoms.